The maximum atomic E-state index is 12.2. The van der Waals surface area contributed by atoms with Crippen molar-refractivity contribution in [3.8, 4) is 22.8 Å². The largest absolute Gasteiger partial charge is 0.465 e. The predicted molar refractivity (Wildman–Crippen MR) is 113 cm³/mol. The molecule has 0 fully saturated rings. The van der Waals surface area contributed by atoms with Crippen molar-refractivity contribution in [3.63, 3.8) is 0 Å². The molecule has 0 bridgehead atoms. The number of benzene rings is 1. The molecule has 0 unspecified atom stereocenters. The summed E-state index contributed by atoms with van der Waals surface area (Å²) in [6.07, 6.45) is 7.16. The van der Waals surface area contributed by atoms with Crippen LogP contribution in [0.5, 0.6) is 0 Å². The lowest BCUT2D eigenvalue weighted by Gasteiger charge is -2.28. The quantitative estimate of drug-likeness (QED) is 0.429. The van der Waals surface area contributed by atoms with E-state index >= 15 is 0 Å². The number of thiophene rings is 1. The normalized spacial score (nSPS) is 10.7. The minimum absolute atomic E-state index is 0.387. The Morgan fingerprint density at radius 2 is 1.96 bits per heavy atom. The topological polar surface area (TPSA) is 50.4 Å². The summed E-state index contributed by atoms with van der Waals surface area (Å²) in [6, 6.07) is 11.7. The van der Waals surface area contributed by atoms with Gasteiger partial charge < -0.3 is 15.4 Å². The second-order valence-electron chi connectivity index (χ2n) is 5.72. The Bertz CT molecular complexity index is 818. The standard InChI is InChI=1S/C20H22N2O2S2/c1-5-20(6-2,7-3)22-19(25)21-17-15(18(23)24-4)13-16(26-17)14-11-9-8-10-12-14/h1,8-13H,6-7H2,2-4H3,(H2,21,22,25). The van der Waals surface area contributed by atoms with E-state index in [-0.39, 0.29) is 0 Å². The molecule has 1 aromatic carbocycles. The number of rotatable bonds is 6. The van der Waals surface area contributed by atoms with E-state index in [0.29, 0.717) is 15.7 Å². The van der Waals surface area contributed by atoms with Gasteiger partial charge in [0.25, 0.3) is 0 Å². The number of nitrogens with one attached hydrogen (secondary N) is 2. The fraction of sp³-hybridized carbons (Fsp3) is 0.300. The van der Waals surface area contributed by atoms with Crippen molar-refractivity contribution in [2.75, 3.05) is 12.4 Å². The molecule has 6 heteroatoms. The Labute approximate surface area is 164 Å². The molecule has 4 nitrogen and oxygen atoms in total. The predicted octanol–water partition coefficient (Wildman–Crippen LogP) is 4.68. The third-order valence-corrected chi connectivity index (χ3v) is 5.56. The Morgan fingerprint density at radius 1 is 1.31 bits per heavy atom. The summed E-state index contributed by atoms with van der Waals surface area (Å²) in [5.41, 5.74) is 0.962. The first-order valence-electron chi connectivity index (χ1n) is 8.33. The molecule has 2 N–H and O–H groups in total. The van der Waals surface area contributed by atoms with Crippen LogP contribution in [-0.2, 0) is 4.74 Å². The first-order chi connectivity index (χ1) is 12.5. The summed E-state index contributed by atoms with van der Waals surface area (Å²) in [5, 5.41) is 7.33. The van der Waals surface area contributed by atoms with E-state index in [1.165, 1.54) is 18.4 Å². The van der Waals surface area contributed by atoms with Crippen LogP contribution >= 0.6 is 23.6 Å². The van der Waals surface area contributed by atoms with Crippen LogP contribution in [-0.4, -0.2) is 23.7 Å². The molecule has 1 aromatic heterocycles. The van der Waals surface area contributed by atoms with Crippen LogP contribution in [0.3, 0.4) is 0 Å². The van der Waals surface area contributed by atoms with Gasteiger partial charge in [-0.1, -0.05) is 50.1 Å². The highest BCUT2D eigenvalue weighted by molar-refractivity contribution is 7.80. The van der Waals surface area contributed by atoms with E-state index in [2.05, 4.69) is 16.6 Å². The fourth-order valence-electron chi connectivity index (χ4n) is 2.51. The van der Waals surface area contributed by atoms with Crippen molar-refractivity contribution >= 4 is 39.6 Å². The number of hydrogen-bond donors (Lipinski definition) is 2. The summed E-state index contributed by atoms with van der Waals surface area (Å²) < 4.78 is 4.90. The number of hydrogen-bond acceptors (Lipinski definition) is 4. The number of carbonyl (C=O) groups is 1. The average molecular weight is 387 g/mol. The molecule has 0 saturated carbocycles. The molecule has 0 spiro atoms. The van der Waals surface area contributed by atoms with Crippen molar-refractivity contribution in [1.29, 1.82) is 0 Å². The Morgan fingerprint density at radius 3 is 2.50 bits per heavy atom. The fourth-order valence-corrected chi connectivity index (χ4v) is 3.93. The van der Waals surface area contributed by atoms with Crippen molar-refractivity contribution in [3.05, 3.63) is 42.0 Å². The Kier molecular flexibility index (Phi) is 6.78. The summed E-state index contributed by atoms with van der Waals surface area (Å²) in [5.74, 6) is 2.37. The lowest BCUT2D eigenvalue weighted by Crippen LogP contribution is -2.48. The van der Waals surface area contributed by atoms with Crippen molar-refractivity contribution in [1.82, 2.24) is 5.32 Å². The maximum Gasteiger partial charge on any atom is 0.340 e. The van der Waals surface area contributed by atoms with Crippen LogP contribution in [0, 0.1) is 12.3 Å². The zero-order chi connectivity index (χ0) is 19.2. The summed E-state index contributed by atoms with van der Waals surface area (Å²) >= 11 is 6.87. The van der Waals surface area contributed by atoms with E-state index in [0.717, 1.165) is 23.3 Å². The number of carbonyl (C=O) groups excluding carboxylic acids is 1. The van der Waals surface area contributed by atoms with Crippen LogP contribution in [0.1, 0.15) is 37.0 Å². The van der Waals surface area contributed by atoms with Crippen LogP contribution in [0.15, 0.2) is 36.4 Å². The van der Waals surface area contributed by atoms with Crippen molar-refractivity contribution < 1.29 is 9.53 Å². The molecular formula is C20H22N2O2S2. The molecular weight excluding hydrogens is 364 g/mol. The van der Waals surface area contributed by atoms with Gasteiger partial charge in [-0.3, -0.25) is 0 Å². The maximum absolute atomic E-state index is 12.2. The second-order valence-corrected chi connectivity index (χ2v) is 7.18. The molecule has 0 atom stereocenters. The second kappa shape index (κ2) is 8.84. The molecule has 0 aliphatic carbocycles. The minimum atomic E-state index is -0.505. The van der Waals surface area contributed by atoms with Gasteiger partial charge in [0.15, 0.2) is 5.11 Å². The van der Waals surface area contributed by atoms with Gasteiger partial charge in [-0.15, -0.1) is 17.8 Å². The van der Waals surface area contributed by atoms with Crippen LogP contribution in [0.25, 0.3) is 10.4 Å². The molecule has 26 heavy (non-hydrogen) atoms. The lowest BCUT2D eigenvalue weighted by molar-refractivity contribution is 0.0602. The number of terminal acetylenes is 1. The lowest BCUT2D eigenvalue weighted by atomic mass is 9.94. The molecule has 2 aromatic rings. The van der Waals surface area contributed by atoms with Gasteiger partial charge in [-0.2, -0.15) is 0 Å². The van der Waals surface area contributed by atoms with Crippen molar-refractivity contribution in [2.24, 2.45) is 0 Å². The highest BCUT2D eigenvalue weighted by Gasteiger charge is 2.25. The van der Waals surface area contributed by atoms with Gasteiger partial charge in [0.05, 0.1) is 18.2 Å². The van der Waals surface area contributed by atoms with Gasteiger partial charge >= 0.3 is 5.97 Å². The van der Waals surface area contributed by atoms with E-state index in [4.69, 9.17) is 23.4 Å². The molecule has 2 rings (SSSR count). The van der Waals surface area contributed by atoms with E-state index in [9.17, 15) is 4.79 Å². The molecule has 0 amide bonds. The monoisotopic (exact) mass is 386 g/mol. The number of anilines is 1. The van der Waals surface area contributed by atoms with Gasteiger partial charge in [0, 0.05) is 4.88 Å². The highest BCUT2D eigenvalue weighted by Crippen LogP contribution is 2.36. The zero-order valence-corrected chi connectivity index (χ0v) is 16.7. The third-order valence-electron chi connectivity index (χ3n) is 4.26. The highest BCUT2D eigenvalue weighted by atomic mass is 32.1. The Balaban J connectivity index is 2.30. The molecule has 1 heterocycles. The molecule has 0 saturated heterocycles. The van der Waals surface area contributed by atoms with E-state index in [1.807, 2.05) is 50.2 Å². The molecule has 0 aliphatic heterocycles. The SMILES string of the molecule is C#CC(CC)(CC)NC(=S)Nc1sc(-c2ccccc2)cc1C(=O)OC. The van der Waals surface area contributed by atoms with Crippen molar-refractivity contribution in [2.45, 2.75) is 32.2 Å². The number of thiocarbonyl (C=S) groups is 1. The number of esters is 1. The molecule has 136 valence electrons. The summed E-state index contributed by atoms with van der Waals surface area (Å²) in [7, 11) is 1.36. The molecule has 0 aliphatic rings. The van der Waals surface area contributed by atoms with Crippen LogP contribution in [0.2, 0.25) is 0 Å². The zero-order valence-electron chi connectivity index (χ0n) is 15.1. The molecule has 0 radical (unpaired) electrons. The van der Waals surface area contributed by atoms with Gasteiger partial charge in [-0.05, 0) is 36.7 Å². The summed E-state index contributed by atoms with van der Waals surface area (Å²) in [6.45, 7) is 4.02. The summed E-state index contributed by atoms with van der Waals surface area (Å²) in [4.78, 5) is 13.1. The first kappa shape index (κ1) is 20.0. The smallest absolute Gasteiger partial charge is 0.340 e. The number of methoxy groups -OCH3 is 1. The Hall–Kier alpha value is -2.36. The van der Waals surface area contributed by atoms with Crippen LogP contribution < -0.4 is 10.6 Å². The van der Waals surface area contributed by atoms with Gasteiger partial charge in [0.2, 0.25) is 0 Å². The van der Waals surface area contributed by atoms with E-state index < -0.39 is 11.5 Å². The average Bonchev–Trinajstić information content (AvgIpc) is 3.10. The van der Waals surface area contributed by atoms with Gasteiger partial charge in [-0.25, -0.2) is 4.79 Å². The van der Waals surface area contributed by atoms with E-state index in [1.54, 1.807) is 0 Å². The number of ether oxygens (including phenoxy) is 1. The van der Waals surface area contributed by atoms with Gasteiger partial charge in [0.1, 0.15) is 5.00 Å². The third kappa shape index (κ3) is 4.43. The minimum Gasteiger partial charge on any atom is -0.465 e. The van der Waals surface area contributed by atoms with Crippen LogP contribution in [0.4, 0.5) is 5.00 Å². The first-order valence-corrected chi connectivity index (χ1v) is 9.55.